The van der Waals surface area contributed by atoms with Crippen LogP contribution < -0.4 is 16.4 Å². The maximum atomic E-state index is 8.89. The molecule has 0 aliphatic carbocycles. The molecule has 2 rings (SSSR count). The van der Waals surface area contributed by atoms with E-state index in [1.54, 1.807) is 12.1 Å². The van der Waals surface area contributed by atoms with Crippen molar-refractivity contribution in [2.24, 2.45) is 0 Å². The average Bonchev–Trinajstić information content (AvgIpc) is 2.41. The molecule has 4 nitrogen and oxygen atoms in total. The van der Waals surface area contributed by atoms with Gasteiger partial charge in [0.05, 0.1) is 23.0 Å². The fraction of sp³-hybridized carbons (Fsp3) is 0.0714. The predicted molar refractivity (Wildman–Crippen MR) is 74.5 cm³/mol. The minimum Gasteiger partial charge on any atom is -0.397 e. The first-order chi connectivity index (χ1) is 8.61. The van der Waals surface area contributed by atoms with Gasteiger partial charge in [0, 0.05) is 18.4 Å². The van der Waals surface area contributed by atoms with E-state index in [4.69, 9.17) is 16.7 Å². The minimum atomic E-state index is 0.552. The average molecular weight is 238 g/mol. The quantitative estimate of drug-likeness (QED) is 0.788. The third kappa shape index (κ3) is 2.20. The molecule has 2 aromatic rings. The molecule has 0 amide bonds. The van der Waals surface area contributed by atoms with Crippen LogP contribution in [0.15, 0.2) is 42.5 Å². The second-order valence-corrected chi connectivity index (χ2v) is 4.03. The number of anilines is 4. The molecule has 90 valence electrons. The summed E-state index contributed by atoms with van der Waals surface area (Å²) in [5.74, 6) is 0. The SMILES string of the molecule is CN(c1cccc(C#N)c1)c1ccc(N)c(N)c1. The number of hydrogen-bond acceptors (Lipinski definition) is 4. The molecular formula is C14H14N4. The van der Waals surface area contributed by atoms with Crippen LogP contribution >= 0.6 is 0 Å². The van der Waals surface area contributed by atoms with Gasteiger partial charge in [0.15, 0.2) is 0 Å². The summed E-state index contributed by atoms with van der Waals surface area (Å²) >= 11 is 0. The third-order valence-corrected chi connectivity index (χ3v) is 2.82. The van der Waals surface area contributed by atoms with E-state index >= 15 is 0 Å². The maximum absolute atomic E-state index is 8.89. The van der Waals surface area contributed by atoms with Crippen molar-refractivity contribution in [3.05, 3.63) is 48.0 Å². The number of nitrogen functional groups attached to an aromatic ring is 2. The molecular weight excluding hydrogens is 224 g/mol. The lowest BCUT2D eigenvalue weighted by Gasteiger charge is -2.20. The van der Waals surface area contributed by atoms with Crippen LogP contribution in [0, 0.1) is 11.3 Å². The van der Waals surface area contributed by atoms with Gasteiger partial charge in [-0.1, -0.05) is 6.07 Å². The highest BCUT2D eigenvalue weighted by Crippen LogP contribution is 2.28. The summed E-state index contributed by atoms with van der Waals surface area (Å²) in [6, 6.07) is 15.0. The van der Waals surface area contributed by atoms with Crippen LogP contribution in [0.25, 0.3) is 0 Å². The van der Waals surface area contributed by atoms with Crippen LogP contribution in [-0.4, -0.2) is 7.05 Å². The number of hydrogen-bond donors (Lipinski definition) is 2. The topological polar surface area (TPSA) is 79.1 Å². The first-order valence-electron chi connectivity index (χ1n) is 5.50. The van der Waals surface area contributed by atoms with Crippen LogP contribution in [-0.2, 0) is 0 Å². The van der Waals surface area contributed by atoms with Crippen molar-refractivity contribution in [1.82, 2.24) is 0 Å². The molecule has 0 spiro atoms. The Morgan fingerprint density at radius 3 is 2.39 bits per heavy atom. The zero-order valence-electron chi connectivity index (χ0n) is 10.1. The molecule has 0 heterocycles. The van der Waals surface area contributed by atoms with E-state index in [2.05, 4.69) is 6.07 Å². The molecule has 0 atom stereocenters. The molecule has 0 aromatic heterocycles. The monoisotopic (exact) mass is 238 g/mol. The van der Waals surface area contributed by atoms with Gasteiger partial charge in [0.1, 0.15) is 0 Å². The summed E-state index contributed by atoms with van der Waals surface area (Å²) in [7, 11) is 1.92. The summed E-state index contributed by atoms with van der Waals surface area (Å²) in [5, 5.41) is 8.89. The third-order valence-electron chi connectivity index (χ3n) is 2.82. The molecule has 18 heavy (non-hydrogen) atoms. The van der Waals surface area contributed by atoms with Crippen molar-refractivity contribution in [2.75, 3.05) is 23.4 Å². The highest BCUT2D eigenvalue weighted by molar-refractivity contribution is 5.73. The number of nitrogens with two attached hydrogens (primary N) is 2. The normalized spacial score (nSPS) is 9.78. The van der Waals surface area contributed by atoms with Gasteiger partial charge in [-0.15, -0.1) is 0 Å². The molecule has 0 saturated heterocycles. The smallest absolute Gasteiger partial charge is 0.0992 e. The van der Waals surface area contributed by atoms with Crippen molar-refractivity contribution in [3.8, 4) is 6.07 Å². The molecule has 0 unspecified atom stereocenters. The molecule has 0 bridgehead atoms. The van der Waals surface area contributed by atoms with Crippen molar-refractivity contribution >= 4 is 22.7 Å². The minimum absolute atomic E-state index is 0.552. The van der Waals surface area contributed by atoms with Gasteiger partial charge < -0.3 is 16.4 Å². The fourth-order valence-electron chi connectivity index (χ4n) is 1.70. The first-order valence-corrected chi connectivity index (χ1v) is 5.50. The molecule has 4 N–H and O–H groups in total. The molecule has 0 aliphatic heterocycles. The van der Waals surface area contributed by atoms with Crippen molar-refractivity contribution < 1.29 is 0 Å². The predicted octanol–water partition coefficient (Wildman–Crippen LogP) is 2.49. The van der Waals surface area contributed by atoms with Gasteiger partial charge in [-0.05, 0) is 36.4 Å². The molecule has 4 heteroatoms. The first kappa shape index (κ1) is 11.8. The van der Waals surface area contributed by atoms with Crippen molar-refractivity contribution in [3.63, 3.8) is 0 Å². The van der Waals surface area contributed by atoms with Gasteiger partial charge >= 0.3 is 0 Å². The zero-order chi connectivity index (χ0) is 13.1. The van der Waals surface area contributed by atoms with Crippen LogP contribution in [0.5, 0.6) is 0 Å². The zero-order valence-corrected chi connectivity index (χ0v) is 10.1. The van der Waals surface area contributed by atoms with E-state index in [1.807, 2.05) is 42.3 Å². The van der Waals surface area contributed by atoms with Gasteiger partial charge in [0.2, 0.25) is 0 Å². The fourth-order valence-corrected chi connectivity index (χ4v) is 1.70. The Morgan fingerprint density at radius 2 is 1.72 bits per heavy atom. The number of nitrogens with zero attached hydrogens (tertiary/aromatic N) is 2. The Morgan fingerprint density at radius 1 is 1.00 bits per heavy atom. The second kappa shape index (κ2) is 4.68. The van der Waals surface area contributed by atoms with Gasteiger partial charge in [0.25, 0.3) is 0 Å². The number of benzene rings is 2. The lowest BCUT2D eigenvalue weighted by molar-refractivity contribution is 1.21. The van der Waals surface area contributed by atoms with Crippen LogP contribution in [0.3, 0.4) is 0 Å². The van der Waals surface area contributed by atoms with E-state index in [0.717, 1.165) is 11.4 Å². The van der Waals surface area contributed by atoms with Gasteiger partial charge in [-0.2, -0.15) is 5.26 Å². The van der Waals surface area contributed by atoms with Crippen molar-refractivity contribution in [2.45, 2.75) is 0 Å². The molecule has 0 radical (unpaired) electrons. The van der Waals surface area contributed by atoms with Crippen LogP contribution in [0.1, 0.15) is 5.56 Å². The van der Waals surface area contributed by atoms with Crippen molar-refractivity contribution in [1.29, 1.82) is 5.26 Å². The molecule has 0 aliphatic rings. The summed E-state index contributed by atoms with van der Waals surface area (Å²) in [4.78, 5) is 1.96. The summed E-state index contributed by atoms with van der Waals surface area (Å²) < 4.78 is 0. The molecule has 0 saturated carbocycles. The number of nitriles is 1. The largest absolute Gasteiger partial charge is 0.397 e. The van der Waals surface area contributed by atoms with E-state index in [9.17, 15) is 0 Å². The number of rotatable bonds is 2. The van der Waals surface area contributed by atoms with Crippen LogP contribution in [0.2, 0.25) is 0 Å². The Hall–Kier alpha value is -2.67. The summed E-state index contributed by atoms with van der Waals surface area (Å²) in [6.45, 7) is 0. The highest BCUT2D eigenvalue weighted by Gasteiger charge is 2.06. The Bertz CT molecular complexity index is 613. The molecule has 0 fully saturated rings. The summed E-state index contributed by atoms with van der Waals surface area (Å²) in [6.07, 6.45) is 0. The van der Waals surface area contributed by atoms with Crippen LogP contribution in [0.4, 0.5) is 22.7 Å². The van der Waals surface area contributed by atoms with Gasteiger partial charge in [-0.3, -0.25) is 0 Å². The lowest BCUT2D eigenvalue weighted by atomic mass is 10.2. The Balaban J connectivity index is 2.38. The van der Waals surface area contributed by atoms with E-state index < -0.39 is 0 Å². The lowest BCUT2D eigenvalue weighted by Crippen LogP contribution is -2.10. The Kier molecular flexibility index (Phi) is 3.07. The van der Waals surface area contributed by atoms with Gasteiger partial charge in [-0.25, -0.2) is 0 Å². The second-order valence-electron chi connectivity index (χ2n) is 4.03. The summed E-state index contributed by atoms with van der Waals surface area (Å²) in [5.41, 5.74) is 15.1. The Labute approximate surface area is 106 Å². The molecule has 2 aromatic carbocycles. The standard InChI is InChI=1S/C14H14N4/c1-18(11-4-2-3-10(7-11)9-15)12-5-6-13(16)14(17)8-12/h2-8H,16-17H2,1H3. The highest BCUT2D eigenvalue weighted by atomic mass is 15.1. The van der Waals surface area contributed by atoms with E-state index in [1.165, 1.54) is 0 Å². The van der Waals surface area contributed by atoms with E-state index in [0.29, 0.717) is 16.9 Å². The van der Waals surface area contributed by atoms with E-state index in [-0.39, 0.29) is 0 Å². The maximum Gasteiger partial charge on any atom is 0.0992 e.